The van der Waals surface area contributed by atoms with E-state index in [1.54, 1.807) is 24.3 Å². The zero-order chi connectivity index (χ0) is 30.4. The first-order chi connectivity index (χ1) is 20.1. The van der Waals surface area contributed by atoms with Gasteiger partial charge in [-0.3, -0.25) is 24.0 Å². The van der Waals surface area contributed by atoms with Crippen molar-refractivity contribution in [2.75, 3.05) is 6.54 Å². The molecular weight excluding hydrogens is 542 g/mol. The first kappa shape index (κ1) is 30.9. The summed E-state index contributed by atoms with van der Waals surface area (Å²) in [5, 5.41) is 28.6. The van der Waals surface area contributed by atoms with Crippen molar-refractivity contribution in [2.45, 2.75) is 95.8 Å². The predicted molar refractivity (Wildman–Crippen MR) is 154 cm³/mol. The van der Waals surface area contributed by atoms with Gasteiger partial charge in [-0.2, -0.15) is 4.73 Å². The Morgan fingerprint density at radius 1 is 1.00 bits per heavy atom. The molecule has 0 bridgehead atoms. The molecule has 12 nitrogen and oxygen atoms in total. The van der Waals surface area contributed by atoms with Gasteiger partial charge in [0.25, 0.3) is 0 Å². The molecule has 2 aromatic rings. The molecule has 4 rings (SSSR count). The van der Waals surface area contributed by atoms with Gasteiger partial charge in [-0.05, 0) is 49.7 Å². The van der Waals surface area contributed by atoms with Gasteiger partial charge in [-0.15, -0.1) is 0 Å². The fraction of sp³-hybridized carbons (Fsp3) is 0.567. The summed E-state index contributed by atoms with van der Waals surface area (Å²) in [6, 6.07) is 3.32. The Morgan fingerprint density at radius 2 is 1.71 bits per heavy atom. The standard InChI is InChI=1S/C30H41N5O7/c1-3-18(2)26-30(41)34-15-9-8-13-24(34)29(40)31-21(11-5-7-14-25(36)37)27(38)32-22(28(39)33-26)16-19-17-35(42)23-12-6-4-10-20(19)23/h4,6,10,12,17-18,21-22,24,26,42H,3,5,7-9,11,13-16H2,1-2H3,(H,31,40)(H,32,38)(H,33,39)(H,36,37)/t18-,21-,22-,24+,26-/m0/s1. The number of carboxylic acid groups (broad SMARTS) is 1. The predicted octanol–water partition coefficient (Wildman–Crippen LogP) is 1.96. The van der Waals surface area contributed by atoms with E-state index in [0.717, 1.165) is 17.6 Å². The molecule has 0 saturated carbocycles. The van der Waals surface area contributed by atoms with Crippen molar-refractivity contribution in [2.24, 2.45) is 5.92 Å². The molecule has 0 spiro atoms. The summed E-state index contributed by atoms with van der Waals surface area (Å²) in [6.45, 7) is 4.16. The number of aliphatic carboxylic acids is 1. The van der Waals surface area contributed by atoms with Crippen LogP contribution in [0.4, 0.5) is 0 Å². The van der Waals surface area contributed by atoms with E-state index in [9.17, 15) is 29.2 Å². The highest BCUT2D eigenvalue weighted by atomic mass is 16.5. The lowest BCUT2D eigenvalue weighted by Gasteiger charge is -2.39. The van der Waals surface area contributed by atoms with Crippen molar-refractivity contribution in [1.29, 1.82) is 0 Å². The third kappa shape index (κ3) is 7.03. The maximum Gasteiger partial charge on any atom is 0.303 e. The molecule has 1 aromatic carbocycles. The maximum atomic E-state index is 13.9. The van der Waals surface area contributed by atoms with Crippen LogP contribution in [-0.4, -0.2) is 80.3 Å². The topological polar surface area (TPSA) is 170 Å². The van der Waals surface area contributed by atoms with Gasteiger partial charge in [0.1, 0.15) is 24.2 Å². The minimum Gasteiger partial charge on any atom is -0.481 e. The highest BCUT2D eigenvalue weighted by molar-refractivity contribution is 5.98. The van der Waals surface area contributed by atoms with Gasteiger partial charge >= 0.3 is 5.97 Å². The molecule has 42 heavy (non-hydrogen) atoms. The highest BCUT2D eigenvalue weighted by Gasteiger charge is 2.40. The van der Waals surface area contributed by atoms with Crippen molar-refractivity contribution in [3.05, 3.63) is 36.0 Å². The van der Waals surface area contributed by atoms with Crippen molar-refractivity contribution in [1.82, 2.24) is 25.6 Å². The van der Waals surface area contributed by atoms with Crippen molar-refractivity contribution < 1.29 is 34.3 Å². The number of fused-ring (bicyclic) bond motifs is 2. The zero-order valence-corrected chi connectivity index (χ0v) is 24.2. The van der Waals surface area contributed by atoms with E-state index in [-0.39, 0.29) is 31.1 Å². The number of unbranched alkanes of at least 4 members (excludes halogenated alkanes) is 1. The van der Waals surface area contributed by atoms with Gasteiger partial charge in [0.2, 0.25) is 23.6 Å². The molecule has 5 atom stereocenters. The molecule has 5 N–H and O–H groups in total. The number of carbonyl (C=O) groups is 5. The largest absolute Gasteiger partial charge is 0.481 e. The maximum absolute atomic E-state index is 13.9. The summed E-state index contributed by atoms with van der Waals surface area (Å²) in [5.74, 6) is -3.05. The Bertz CT molecular complexity index is 1320. The van der Waals surface area contributed by atoms with E-state index < -0.39 is 47.9 Å². The summed E-state index contributed by atoms with van der Waals surface area (Å²) in [7, 11) is 0. The minimum absolute atomic E-state index is 0.0269. The summed E-state index contributed by atoms with van der Waals surface area (Å²) >= 11 is 0. The van der Waals surface area contributed by atoms with Crippen LogP contribution in [0.25, 0.3) is 10.9 Å². The Balaban J connectivity index is 1.69. The van der Waals surface area contributed by atoms with Crippen LogP contribution in [0.3, 0.4) is 0 Å². The van der Waals surface area contributed by atoms with Gasteiger partial charge in [0, 0.05) is 31.0 Å². The fourth-order valence-electron chi connectivity index (χ4n) is 5.84. The number of hydrogen-bond donors (Lipinski definition) is 5. The number of rotatable bonds is 9. The molecule has 0 radical (unpaired) electrons. The van der Waals surface area contributed by atoms with Gasteiger partial charge < -0.3 is 31.2 Å². The number of nitrogens with one attached hydrogen (secondary N) is 3. The Kier molecular flexibility index (Phi) is 10.1. The SMILES string of the molecule is CC[C@H](C)[C@@H]1NC(=O)[C@H](Cc2cn(O)c3ccccc23)NC(=O)[C@H](CCCCC(=O)O)NC(=O)[C@H]2CCCCN2C1=O. The Hall–Kier alpha value is -4.09. The lowest BCUT2D eigenvalue weighted by atomic mass is 9.93. The molecule has 2 aliphatic rings. The minimum atomic E-state index is -1.11. The molecule has 2 aliphatic heterocycles. The lowest BCUT2D eigenvalue weighted by molar-refractivity contribution is -0.147. The van der Waals surface area contributed by atoms with Gasteiger partial charge in [0.05, 0.1) is 5.52 Å². The average molecular weight is 584 g/mol. The third-order valence-corrected chi connectivity index (χ3v) is 8.46. The second-order valence-corrected chi connectivity index (χ2v) is 11.4. The molecule has 3 heterocycles. The number of amides is 4. The molecule has 2 saturated heterocycles. The summed E-state index contributed by atoms with van der Waals surface area (Å²) in [5.41, 5.74) is 1.16. The van der Waals surface area contributed by atoms with E-state index in [2.05, 4.69) is 16.0 Å². The number of piperidine rings is 1. The summed E-state index contributed by atoms with van der Waals surface area (Å²) in [6.07, 6.45) is 4.82. The van der Waals surface area contributed by atoms with Crippen molar-refractivity contribution in [3.8, 4) is 0 Å². The molecular formula is C30H41N5O7. The van der Waals surface area contributed by atoms with Crippen LogP contribution in [0, 0.1) is 5.92 Å². The van der Waals surface area contributed by atoms with Crippen LogP contribution in [-0.2, 0) is 30.4 Å². The van der Waals surface area contributed by atoms with Crippen LogP contribution in [0.5, 0.6) is 0 Å². The van der Waals surface area contributed by atoms with E-state index in [4.69, 9.17) is 5.11 Å². The zero-order valence-electron chi connectivity index (χ0n) is 24.2. The van der Waals surface area contributed by atoms with E-state index in [1.807, 2.05) is 13.8 Å². The van der Waals surface area contributed by atoms with Crippen LogP contribution in [0.15, 0.2) is 30.5 Å². The molecule has 228 valence electrons. The number of carbonyl (C=O) groups excluding carboxylic acids is 4. The van der Waals surface area contributed by atoms with Crippen molar-refractivity contribution >= 4 is 40.5 Å². The monoisotopic (exact) mass is 583 g/mol. The molecule has 2 fully saturated rings. The quantitative estimate of drug-likeness (QED) is 0.222. The smallest absolute Gasteiger partial charge is 0.303 e. The Morgan fingerprint density at radius 3 is 2.45 bits per heavy atom. The van der Waals surface area contributed by atoms with Crippen molar-refractivity contribution in [3.63, 3.8) is 0 Å². The number of carboxylic acids is 1. The van der Waals surface area contributed by atoms with E-state index in [1.165, 1.54) is 11.1 Å². The Labute approximate surface area is 244 Å². The third-order valence-electron chi connectivity index (χ3n) is 8.46. The molecule has 0 unspecified atom stereocenters. The first-order valence-corrected chi connectivity index (χ1v) is 14.8. The number of aromatic nitrogens is 1. The normalized spacial score (nSPS) is 24.6. The van der Waals surface area contributed by atoms with E-state index >= 15 is 0 Å². The summed E-state index contributed by atoms with van der Waals surface area (Å²) in [4.78, 5) is 67.5. The van der Waals surface area contributed by atoms with Crippen LogP contribution in [0.1, 0.15) is 70.8 Å². The summed E-state index contributed by atoms with van der Waals surface area (Å²) < 4.78 is 0.966. The van der Waals surface area contributed by atoms with Gasteiger partial charge in [0.15, 0.2) is 0 Å². The van der Waals surface area contributed by atoms with Crippen LogP contribution < -0.4 is 16.0 Å². The number of hydrogen-bond acceptors (Lipinski definition) is 6. The lowest BCUT2D eigenvalue weighted by Crippen LogP contribution is -2.64. The van der Waals surface area contributed by atoms with Crippen LogP contribution in [0.2, 0.25) is 0 Å². The second kappa shape index (κ2) is 13.7. The molecule has 4 amide bonds. The number of benzene rings is 1. The molecule has 0 aliphatic carbocycles. The number of para-hydroxylation sites is 1. The fourth-order valence-corrected chi connectivity index (χ4v) is 5.84. The second-order valence-electron chi connectivity index (χ2n) is 11.4. The average Bonchev–Trinajstić information content (AvgIpc) is 3.30. The van der Waals surface area contributed by atoms with Crippen LogP contribution >= 0.6 is 0 Å². The first-order valence-electron chi connectivity index (χ1n) is 14.8. The van der Waals surface area contributed by atoms with Gasteiger partial charge in [-0.25, -0.2) is 0 Å². The molecule has 1 aromatic heterocycles. The number of nitrogens with zero attached hydrogens (tertiary/aromatic N) is 2. The highest BCUT2D eigenvalue weighted by Crippen LogP contribution is 2.24. The van der Waals surface area contributed by atoms with E-state index in [0.29, 0.717) is 48.7 Å². The van der Waals surface area contributed by atoms with Gasteiger partial charge in [-0.1, -0.05) is 44.9 Å². The molecule has 12 heteroatoms.